The average Bonchev–Trinajstić information content (AvgIpc) is 3.28. The Labute approximate surface area is 158 Å². The van der Waals surface area contributed by atoms with Gasteiger partial charge in [0.25, 0.3) is 5.91 Å². The van der Waals surface area contributed by atoms with Gasteiger partial charge in [-0.15, -0.1) is 0 Å². The number of carbonyl (C=O) groups is 1. The van der Waals surface area contributed by atoms with Crippen molar-refractivity contribution in [2.24, 2.45) is 0 Å². The molecule has 3 aromatic rings. The maximum atomic E-state index is 13.0. The van der Waals surface area contributed by atoms with E-state index in [1.807, 2.05) is 59.8 Å². The standard InChI is InChI=1S/C20H23N5O2/c1-15-12-18(27-22-15)14-23-8-10-24(11-9-23)20(26)19-13-21-25(16(19)2)17-6-4-3-5-7-17/h3-7,12-13H,8-11,14H2,1-2H3. The third-order valence-corrected chi connectivity index (χ3v) is 4.96. The molecule has 27 heavy (non-hydrogen) atoms. The molecule has 0 unspecified atom stereocenters. The van der Waals surface area contributed by atoms with Gasteiger partial charge in [0.15, 0.2) is 5.76 Å². The largest absolute Gasteiger partial charge is 0.360 e. The van der Waals surface area contributed by atoms with Crippen molar-refractivity contribution in [2.45, 2.75) is 20.4 Å². The van der Waals surface area contributed by atoms with Crippen LogP contribution in [0.5, 0.6) is 0 Å². The van der Waals surface area contributed by atoms with Crippen LogP contribution in [0.2, 0.25) is 0 Å². The Morgan fingerprint density at radius 3 is 2.52 bits per heavy atom. The van der Waals surface area contributed by atoms with Crippen LogP contribution in [0, 0.1) is 13.8 Å². The van der Waals surface area contributed by atoms with Crippen LogP contribution in [0.15, 0.2) is 47.1 Å². The Bertz CT molecular complexity index is 923. The van der Waals surface area contributed by atoms with E-state index < -0.39 is 0 Å². The predicted octanol–water partition coefficient (Wildman–Crippen LogP) is 2.44. The number of nitrogens with zero attached hydrogens (tertiary/aromatic N) is 5. The van der Waals surface area contributed by atoms with Crippen LogP contribution in [0.1, 0.15) is 27.5 Å². The van der Waals surface area contributed by atoms with E-state index in [2.05, 4.69) is 15.2 Å². The lowest BCUT2D eigenvalue weighted by molar-refractivity contribution is 0.0616. The van der Waals surface area contributed by atoms with Crippen molar-refractivity contribution < 1.29 is 9.32 Å². The second-order valence-corrected chi connectivity index (χ2v) is 6.89. The SMILES string of the molecule is Cc1cc(CN2CCN(C(=O)c3cnn(-c4ccccc4)c3C)CC2)on1. The zero-order valence-electron chi connectivity index (χ0n) is 15.6. The van der Waals surface area contributed by atoms with E-state index in [1.165, 1.54) is 0 Å². The molecule has 1 aromatic carbocycles. The minimum absolute atomic E-state index is 0.0461. The van der Waals surface area contributed by atoms with Gasteiger partial charge in [0.1, 0.15) is 0 Å². The number of aromatic nitrogens is 3. The van der Waals surface area contributed by atoms with Crippen LogP contribution in [-0.2, 0) is 6.54 Å². The number of amides is 1. The molecule has 1 amide bonds. The normalized spacial score (nSPS) is 15.3. The molecule has 3 heterocycles. The topological polar surface area (TPSA) is 67.4 Å². The van der Waals surface area contributed by atoms with Crippen molar-refractivity contribution >= 4 is 5.91 Å². The summed E-state index contributed by atoms with van der Waals surface area (Å²) in [4.78, 5) is 17.1. The van der Waals surface area contributed by atoms with Gasteiger partial charge in [-0.2, -0.15) is 5.10 Å². The molecule has 7 nitrogen and oxygen atoms in total. The molecule has 0 radical (unpaired) electrons. The van der Waals surface area contributed by atoms with Crippen LogP contribution in [0.4, 0.5) is 0 Å². The van der Waals surface area contributed by atoms with E-state index in [0.29, 0.717) is 18.7 Å². The second kappa shape index (κ2) is 7.36. The zero-order chi connectivity index (χ0) is 18.8. The molecule has 1 saturated heterocycles. The average molecular weight is 365 g/mol. The highest BCUT2D eigenvalue weighted by molar-refractivity contribution is 5.95. The maximum Gasteiger partial charge on any atom is 0.257 e. The van der Waals surface area contributed by atoms with Crippen molar-refractivity contribution in [3.05, 3.63) is 65.3 Å². The summed E-state index contributed by atoms with van der Waals surface area (Å²) in [6.45, 7) is 7.61. The van der Waals surface area contributed by atoms with Crippen molar-refractivity contribution in [2.75, 3.05) is 26.2 Å². The van der Waals surface area contributed by atoms with Crippen LogP contribution >= 0.6 is 0 Å². The molecule has 0 spiro atoms. The summed E-state index contributed by atoms with van der Waals surface area (Å²) in [6.07, 6.45) is 1.67. The number of benzene rings is 1. The van der Waals surface area contributed by atoms with Gasteiger partial charge < -0.3 is 9.42 Å². The first-order chi connectivity index (χ1) is 13.1. The summed E-state index contributed by atoms with van der Waals surface area (Å²) >= 11 is 0. The molecule has 0 saturated carbocycles. The van der Waals surface area contributed by atoms with E-state index in [4.69, 9.17) is 4.52 Å². The Morgan fingerprint density at radius 1 is 1.11 bits per heavy atom. The van der Waals surface area contributed by atoms with Crippen molar-refractivity contribution in [1.82, 2.24) is 24.7 Å². The minimum Gasteiger partial charge on any atom is -0.360 e. The Morgan fingerprint density at radius 2 is 1.85 bits per heavy atom. The van der Waals surface area contributed by atoms with Crippen LogP contribution in [0.25, 0.3) is 5.69 Å². The number of rotatable bonds is 4. The van der Waals surface area contributed by atoms with E-state index in [1.54, 1.807) is 6.20 Å². The van der Waals surface area contributed by atoms with Gasteiger partial charge in [0.2, 0.25) is 0 Å². The lowest BCUT2D eigenvalue weighted by atomic mass is 10.2. The quantitative estimate of drug-likeness (QED) is 0.710. The number of aryl methyl sites for hydroxylation is 1. The Balaban J connectivity index is 1.40. The predicted molar refractivity (Wildman–Crippen MR) is 101 cm³/mol. The summed E-state index contributed by atoms with van der Waals surface area (Å²) < 4.78 is 7.10. The molecule has 1 aliphatic heterocycles. The van der Waals surface area contributed by atoms with Gasteiger partial charge >= 0.3 is 0 Å². The van der Waals surface area contributed by atoms with Gasteiger partial charge in [-0.25, -0.2) is 4.68 Å². The number of hydrogen-bond donors (Lipinski definition) is 0. The monoisotopic (exact) mass is 365 g/mol. The molecule has 0 N–H and O–H groups in total. The molecule has 0 bridgehead atoms. The zero-order valence-corrected chi connectivity index (χ0v) is 15.6. The third kappa shape index (κ3) is 3.64. The molecule has 4 rings (SSSR count). The van der Waals surface area contributed by atoms with Gasteiger partial charge in [-0.3, -0.25) is 9.69 Å². The van der Waals surface area contributed by atoms with E-state index >= 15 is 0 Å². The maximum absolute atomic E-state index is 13.0. The fraction of sp³-hybridized carbons (Fsp3) is 0.350. The van der Waals surface area contributed by atoms with Crippen LogP contribution < -0.4 is 0 Å². The fourth-order valence-corrected chi connectivity index (χ4v) is 3.44. The first-order valence-corrected chi connectivity index (χ1v) is 9.15. The van der Waals surface area contributed by atoms with Gasteiger partial charge in [-0.1, -0.05) is 23.4 Å². The second-order valence-electron chi connectivity index (χ2n) is 6.89. The summed E-state index contributed by atoms with van der Waals surface area (Å²) in [7, 11) is 0. The van der Waals surface area contributed by atoms with Crippen molar-refractivity contribution in [3.63, 3.8) is 0 Å². The van der Waals surface area contributed by atoms with Gasteiger partial charge in [0.05, 0.1) is 35.4 Å². The molecular weight excluding hydrogens is 342 g/mol. The molecule has 1 fully saturated rings. The summed E-state index contributed by atoms with van der Waals surface area (Å²) in [6, 6.07) is 11.8. The Hall–Kier alpha value is -2.93. The smallest absolute Gasteiger partial charge is 0.257 e. The number of hydrogen-bond acceptors (Lipinski definition) is 5. The summed E-state index contributed by atoms with van der Waals surface area (Å²) in [5, 5.41) is 8.34. The highest BCUT2D eigenvalue weighted by Crippen LogP contribution is 2.17. The first kappa shape index (κ1) is 17.5. The molecular formula is C20H23N5O2. The number of carbonyl (C=O) groups excluding carboxylic acids is 1. The van der Waals surface area contributed by atoms with Gasteiger partial charge in [-0.05, 0) is 26.0 Å². The molecule has 140 valence electrons. The van der Waals surface area contributed by atoms with E-state index in [9.17, 15) is 4.79 Å². The first-order valence-electron chi connectivity index (χ1n) is 9.15. The van der Waals surface area contributed by atoms with Crippen LogP contribution in [-0.4, -0.2) is 56.8 Å². The molecule has 0 atom stereocenters. The van der Waals surface area contributed by atoms with Crippen LogP contribution in [0.3, 0.4) is 0 Å². The molecule has 2 aromatic heterocycles. The van der Waals surface area contributed by atoms with E-state index in [-0.39, 0.29) is 5.91 Å². The summed E-state index contributed by atoms with van der Waals surface area (Å²) in [5.74, 6) is 0.914. The molecule has 7 heteroatoms. The van der Waals surface area contributed by atoms with Crippen molar-refractivity contribution in [3.8, 4) is 5.69 Å². The molecule has 1 aliphatic rings. The highest BCUT2D eigenvalue weighted by atomic mass is 16.5. The minimum atomic E-state index is 0.0461. The number of piperazine rings is 1. The lowest BCUT2D eigenvalue weighted by Gasteiger charge is -2.34. The van der Waals surface area contributed by atoms with Crippen molar-refractivity contribution in [1.29, 1.82) is 0 Å². The molecule has 0 aliphatic carbocycles. The lowest BCUT2D eigenvalue weighted by Crippen LogP contribution is -2.48. The highest BCUT2D eigenvalue weighted by Gasteiger charge is 2.25. The third-order valence-electron chi connectivity index (χ3n) is 4.96. The van der Waals surface area contributed by atoms with E-state index in [0.717, 1.165) is 42.5 Å². The summed E-state index contributed by atoms with van der Waals surface area (Å²) in [5.41, 5.74) is 3.38. The fourth-order valence-electron chi connectivity index (χ4n) is 3.44. The number of para-hydroxylation sites is 1. The van der Waals surface area contributed by atoms with Gasteiger partial charge in [0, 0.05) is 32.2 Å². The Kier molecular flexibility index (Phi) is 4.77.